The summed E-state index contributed by atoms with van der Waals surface area (Å²) in [7, 11) is 1.37. The SMILES string of the molecule is COC(=O)c1ccc(Cn2c([C@@H](NC(=O)c3ccccc3)C(C)C)nc3ccccc32)cc1. The van der Waals surface area contributed by atoms with Crippen LogP contribution in [0.3, 0.4) is 0 Å². The van der Waals surface area contributed by atoms with Gasteiger partial charge in [0.2, 0.25) is 0 Å². The van der Waals surface area contributed by atoms with E-state index in [1.165, 1.54) is 7.11 Å². The number of ether oxygens (including phenoxy) is 1. The van der Waals surface area contributed by atoms with E-state index >= 15 is 0 Å². The third-order valence-electron chi connectivity index (χ3n) is 5.67. The Kier molecular flexibility index (Phi) is 6.54. The number of fused-ring (bicyclic) bond motifs is 1. The third kappa shape index (κ3) is 4.80. The van der Waals surface area contributed by atoms with Crippen LogP contribution in [0.25, 0.3) is 11.0 Å². The number of para-hydroxylation sites is 2. The van der Waals surface area contributed by atoms with Crippen LogP contribution in [-0.2, 0) is 11.3 Å². The number of hydrogen-bond donors (Lipinski definition) is 1. The minimum atomic E-state index is -0.362. The quantitative estimate of drug-likeness (QED) is 0.410. The average Bonchev–Trinajstić information content (AvgIpc) is 3.20. The molecule has 168 valence electrons. The Morgan fingerprint density at radius 1 is 0.909 bits per heavy atom. The number of nitrogens with zero attached hydrogens (tertiary/aromatic N) is 2. The van der Waals surface area contributed by atoms with E-state index in [0.717, 1.165) is 22.4 Å². The van der Waals surface area contributed by atoms with Crippen molar-refractivity contribution < 1.29 is 14.3 Å². The van der Waals surface area contributed by atoms with Crippen molar-refractivity contribution in [1.29, 1.82) is 0 Å². The Morgan fingerprint density at radius 2 is 1.58 bits per heavy atom. The summed E-state index contributed by atoms with van der Waals surface area (Å²) in [5, 5.41) is 3.18. The molecule has 1 atom stereocenters. The lowest BCUT2D eigenvalue weighted by molar-refractivity contribution is 0.0600. The Morgan fingerprint density at radius 3 is 2.24 bits per heavy atom. The number of carbonyl (C=O) groups is 2. The summed E-state index contributed by atoms with van der Waals surface area (Å²) < 4.78 is 6.93. The summed E-state index contributed by atoms with van der Waals surface area (Å²) in [6.45, 7) is 4.71. The van der Waals surface area contributed by atoms with Gasteiger partial charge in [-0.3, -0.25) is 4.79 Å². The molecule has 1 N–H and O–H groups in total. The molecule has 6 heteroatoms. The number of benzene rings is 3. The molecule has 1 amide bonds. The van der Waals surface area contributed by atoms with Crippen molar-refractivity contribution in [3.63, 3.8) is 0 Å². The van der Waals surface area contributed by atoms with Crippen LogP contribution in [0, 0.1) is 5.92 Å². The molecule has 6 nitrogen and oxygen atoms in total. The monoisotopic (exact) mass is 441 g/mol. The average molecular weight is 442 g/mol. The Balaban J connectivity index is 1.71. The molecular formula is C27H27N3O3. The molecule has 1 heterocycles. The molecule has 0 unspecified atom stereocenters. The fourth-order valence-electron chi connectivity index (χ4n) is 3.89. The summed E-state index contributed by atoms with van der Waals surface area (Å²) in [6, 6.07) is 24.2. The highest BCUT2D eigenvalue weighted by Crippen LogP contribution is 2.27. The molecule has 0 aliphatic carbocycles. The van der Waals surface area contributed by atoms with Crippen LogP contribution in [0.2, 0.25) is 0 Å². The second-order valence-electron chi connectivity index (χ2n) is 8.29. The van der Waals surface area contributed by atoms with Crippen LogP contribution in [-0.4, -0.2) is 28.5 Å². The van der Waals surface area contributed by atoms with Crippen molar-refractivity contribution in [3.8, 4) is 0 Å². The molecule has 0 saturated carbocycles. The maximum absolute atomic E-state index is 13.0. The first-order valence-corrected chi connectivity index (χ1v) is 11.0. The van der Waals surface area contributed by atoms with E-state index in [4.69, 9.17) is 9.72 Å². The topological polar surface area (TPSA) is 73.2 Å². The molecule has 4 aromatic rings. The Bertz CT molecular complexity index is 1260. The molecular weight excluding hydrogens is 414 g/mol. The predicted molar refractivity (Wildman–Crippen MR) is 128 cm³/mol. The molecule has 0 saturated heterocycles. The van der Waals surface area contributed by atoms with Gasteiger partial charge in [0.05, 0.1) is 29.7 Å². The van der Waals surface area contributed by atoms with Crippen LogP contribution < -0.4 is 5.32 Å². The number of esters is 1. The minimum Gasteiger partial charge on any atom is -0.465 e. The lowest BCUT2D eigenvalue weighted by Crippen LogP contribution is -2.33. The van der Waals surface area contributed by atoms with E-state index in [1.54, 1.807) is 24.3 Å². The fraction of sp³-hybridized carbons (Fsp3) is 0.222. The lowest BCUT2D eigenvalue weighted by Gasteiger charge is -2.23. The second kappa shape index (κ2) is 9.69. The summed E-state index contributed by atoms with van der Waals surface area (Å²) in [4.78, 5) is 29.6. The summed E-state index contributed by atoms with van der Waals surface area (Å²) in [5.74, 6) is 0.427. The first-order valence-electron chi connectivity index (χ1n) is 11.0. The van der Waals surface area contributed by atoms with Gasteiger partial charge in [-0.2, -0.15) is 0 Å². The molecule has 0 aliphatic heterocycles. The van der Waals surface area contributed by atoms with Crippen molar-refractivity contribution in [3.05, 3.63) is 101 Å². The van der Waals surface area contributed by atoms with Crippen molar-refractivity contribution in [2.24, 2.45) is 5.92 Å². The second-order valence-corrected chi connectivity index (χ2v) is 8.29. The van der Waals surface area contributed by atoms with Crippen molar-refractivity contribution in [2.45, 2.75) is 26.4 Å². The van der Waals surface area contributed by atoms with Gasteiger partial charge >= 0.3 is 5.97 Å². The Labute approximate surface area is 193 Å². The van der Waals surface area contributed by atoms with E-state index in [2.05, 4.69) is 23.7 Å². The van der Waals surface area contributed by atoms with Gasteiger partial charge < -0.3 is 14.6 Å². The standard InChI is InChI=1S/C27H27N3O3/c1-18(2)24(29-26(31)20-9-5-4-6-10-20)25-28-22-11-7-8-12-23(22)30(25)17-19-13-15-21(16-14-19)27(32)33-3/h4-16,18,24H,17H2,1-3H3,(H,29,31)/t24-/m0/s1. The largest absolute Gasteiger partial charge is 0.465 e. The zero-order valence-corrected chi connectivity index (χ0v) is 19.0. The molecule has 0 fully saturated rings. The number of imidazole rings is 1. The molecule has 33 heavy (non-hydrogen) atoms. The summed E-state index contributed by atoms with van der Waals surface area (Å²) in [5.41, 5.74) is 4.00. The van der Waals surface area contributed by atoms with Crippen molar-refractivity contribution in [2.75, 3.05) is 7.11 Å². The van der Waals surface area contributed by atoms with E-state index in [9.17, 15) is 9.59 Å². The fourth-order valence-corrected chi connectivity index (χ4v) is 3.89. The molecule has 0 bridgehead atoms. The molecule has 4 rings (SSSR count). The number of rotatable bonds is 7. The van der Waals surface area contributed by atoms with Crippen LogP contribution in [0.5, 0.6) is 0 Å². The number of carbonyl (C=O) groups excluding carboxylic acids is 2. The van der Waals surface area contributed by atoms with Crippen LogP contribution in [0.1, 0.15) is 52.0 Å². The van der Waals surface area contributed by atoms with Crippen LogP contribution in [0.4, 0.5) is 0 Å². The van der Waals surface area contributed by atoms with Gasteiger partial charge in [-0.15, -0.1) is 0 Å². The highest BCUT2D eigenvalue weighted by atomic mass is 16.5. The summed E-state index contributed by atoms with van der Waals surface area (Å²) >= 11 is 0. The Hall–Kier alpha value is -3.93. The van der Waals surface area contributed by atoms with E-state index < -0.39 is 0 Å². The maximum Gasteiger partial charge on any atom is 0.337 e. The van der Waals surface area contributed by atoms with Gasteiger partial charge in [-0.25, -0.2) is 9.78 Å². The van der Waals surface area contributed by atoms with E-state index in [1.807, 2.05) is 54.6 Å². The molecule has 0 radical (unpaired) electrons. The van der Waals surface area contributed by atoms with Gasteiger partial charge in [0.25, 0.3) is 5.91 Å². The zero-order chi connectivity index (χ0) is 23.4. The van der Waals surface area contributed by atoms with Gasteiger partial charge in [-0.1, -0.05) is 56.3 Å². The first kappa shape index (κ1) is 22.3. The highest BCUT2D eigenvalue weighted by molar-refractivity contribution is 5.94. The molecule has 1 aromatic heterocycles. The highest BCUT2D eigenvalue weighted by Gasteiger charge is 2.25. The van der Waals surface area contributed by atoms with E-state index in [-0.39, 0.29) is 23.8 Å². The van der Waals surface area contributed by atoms with Crippen LogP contribution >= 0.6 is 0 Å². The number of methoxy groups -OCH3 is 1. The number of aromatic nitrogens is 2. The predicted octanol–water partition coefficient (Wildman–Crippen LogP) is 5.00. The van der Waals surface area contributed by atoms with Crippen molar-refractivity contribution in [1.82, 2.24) is 14.9 Å². The van der Waals surface area contributed by atoms with Crippen molar-refractivity contribution >= 4 is 22.9 Å². The number of amides is 1. The molecule has 0 spiro atoms. The number of hydrogen-bond acceptors (Lipinski definition) is 4. The van der Waals surface area contributed by atoms with Gasteiger partial charge in [-0.05, 0) is 47.9 Å². The van der Waals surface area contributed by atoms with E-state index in [0.29, 0.717) is 17.7 Å². The minimum absolute atomic E-state index is 0.120. The third-order valence-corrected chi connectivity index (χ3v) is 5.67. The smallest absolute Gasteiger partial charge is 0.337 e. The number of nitrogens with one attached hydrogen (secondary N) is 1. The van der Waals surface area contributed by atoms with Gasteiger partial charge in [0, 0.05) is 12.1 Å². The summed E-state index contributed by atoms with van der Waals surface area (Å²) in [6.07, 6.45) is 0. The van der Waals surface area contributed by atoms with Gasteiger partial charge in [0.1, 0.15) is 5.82 Å². The van der Waals surface area contributed by atoms with Gasteiger partial charge in [0.15, 0.2) is 0 Å². The maximum atomic E-state index is 13.0. The van der Waals surface area contributed by atoms with Crippen LogP contribution in [0.15, 0.2) is 78.9 Å². The first-order chi connectivity index (χ1) is 16.0. The molecule has 3 aromatic carbocycles. The normalized spacial score (nSPS) is 12.0. The molecule has 0 aliphatic rings. The lowest BCUT2D eigenvalue weighted by atomic mass is 10.0. The zero-order valence-electron chi connectivity index (χ0n) is 19.0.